The van der Waals surface area contributed by atoms with Gasteiger partial charge in [-0.1, -0.05) is 5.21 Å². The highest BCUT2D eigenvalue weighted by Gasteiger charge is 2.32. The molecule has 1 saturated heterocycles. The van der Waals surface area contributed by atoms with E-state index in [1.54, 1.807) is 27.8 Å². The summed E-state index contributed by atoms with van der Waals surface area (Å²) in [5.41, 5.74) is 6.66. The van der Waals surface area contributed by atoms with Crippen molar-refractivity contribution in [2.24, 2.45) is 5.73 Å². The highest BCUT2D eigenvalue weighted by molar-refractivity contribution is 6.01. The molecule has 28 heavy (non-hydrogen) atoms. The number of nitrogens with zero attached hydrogens (tertiary/aromatic N) is 4. The maximum atomic E-state index is 13.0. The number of fused-ring (bicyclic) bond motifs is 1. The Hall–Kier alpha value is -2.94. The van der Waals surface area contributed by atoms with Crippen LogP contribution in [0.3, 0.4) is 0 Å². The molecule has 1 aromatic heterocycles. The Morgan fingerprint density at radius 2 is 2.25 bits per heavy atom. The van der Waals surface area contributed by atoms with E-state index in [4.69, 9.17) is 10.5 Å². The first-order valence-corrected chi connectivity index (χ1v) is 9.37. The quantitative estimate of drug-likeness (QED) is 0.806. The zero-order valence-corrected chi connectivity index (χ0v) is 16.0. The van der Waals surface area contributed by atoms with Gasteiger partial charge in [0.25, 0.3) is 11.8 Å². The summed E-state index contributed by atoms with van der Waals surface area (Å²) in [5, 5.41) is 11.0. The van der Waals surface area contributed by atoms with Crippen LogP contribution in [0.25, 0.3) is 0 Å². The lowest BCUT2D eigenvalue weighted by atomic mass is 10.1. The van der Waals surface area contributed by atoms with Crippen molar-refractivity contribution in [2.45, 2.75) is 38.5 Å². The van der Waals surface area contributed by atoms with Gasteiger partial charge in [0.1, 0.15) is 11.4 Å². The molecule has 0 aliphatic carbocycles. The molecule has 0 radical (unpaired) electrons. The second-order valence-electron chi connectivity index (χ2n) is 7.84. The summed E-state index contributed by atoms with van der Waals surface area (Å²) >= 11 is 0. The number of aromatic nitrogens is 3. The van der Waals surface area contributed by atoms with Crippen molar-refractivity contribution in [3.63, 3.8) is 0 Å². The highest BCUT2D eigenvalue weighted by atomic mass is 16.5. The number of carbonyl (C=O) groups is 2. The number of hydrogen-bond acceptors (Lipinski definition) is 6. The van der Waals surface area contributed by atoms with Gasteiger partial charge in [0.15, 0.2) is 0 Å². The molecule has 2 aromatic rings. The topological polar surface area (TPSA) is 115 Å². The molecule has 2 amide bonds. The fraction of sp³-hybridized carbons (Fsp3) is 0.474. The molecule has 3 heterocycles. The zero-order chi connectivity index (χ0) is 19.9. The van der Waals surface area contributed by atoms with Crippen molar-refractivity contribution in [3.8, 4) is 5.75 Å². The first-order chi connectivity index (χ1) is 13.4. The van der Waals surface area contributed by atoms with E-state index < -0.39 is 5.60 Å². The molecule has 4 rings (SSSR count). The number of likely N-dealkylation sites (tertiary alicyclic amines) is 1. The van der Waals surface area contributed by atoms with Crippen LogP contribution in [0.4, 0.5) is 0 Å². The summed E-state index contributed by atoms with van der Waals surface area (Å²) in [5.74, 6) is 0.153. The molecule has 1 unspecified atom stereocenters. The van der Waals surface area contributed by atoms with Crippen LogP contribution in [0.1, 0.15) is 52.7 Å². The third-order valence-corrected chi connectivity index (χ3v) is 5.12. The summed E-state index contributed by atoms with van der Waals surface area (Å²) in [6.07, 6.45) is 2.62. The molecule has 1 aromatic carbocycles. The van der Waals surface area contributed by atoms with E-state index >= 15 is 0 Å². The monoisotopic (exact) mass is 384 g/mol. The molecule has 2 aliphatic heterocycles. The number of ether oxygens (including phenoxy) is 1. The van der Waals surface area contributed by atoms with Gasteiger partial charge in [-0.25, -0.2) is 4.68 Å². The lowest BCUT2D eigenvalue weighted by molar-refractivity contribution is 0.0786. The standard InChI is InChI=1S/C19H24N6O3/c1-19(2)11-21-17(26)15-7-12(3-4-16(15)28-19)18(27)24-6-5-14(10-24)25-9-13(8-20)22-23-25/h3-4,7,9,14H,5-6,8,10-11,20H2,1-2H3,(H,21,26). The van der Waals surface area contributed by atoms with Crippen LogP contribution in [-0.4, -0.2) is 56.9 Å². The Morgan fingerprint density at radius 1 is 1.43 bits per heavy atom. The molecular formula is C19H24N6O3. The molecule has 2 aliphatic rings. The Balaban J connectivity index is 1.52. The Morgan fingerprint density at radius 3 is 3.00 bits per heavy atom. The van der Waals surface area contributed by atoms with Gasteiger partial charge in [0.05, 0.1) is 30.0 Å². The molecule has 148 valence electrons. The van der Waals surface area contributed by atoms with Gasteiger partial charge in [-0.3, -0.25) is 9.59 Å². The third-order valence-electron chi connectivity index (χ3n) is 5.12. The molecule has 0 spiro atoms. The number of amides is 2. The summed E-state index contributed by atoms with van der Waals surface area (Å²) in [7, 11) is 0. The minimum absolute atomic E-state index is 0.0741. The SMILES string of the molecule is CC1(C)CNC(=O)c2cc(C(=O)N3CCC(n4cc(CN)nn4)C3)ccc2O1. The van der Waals surface area contributed by atoms with Gasteiger partial charge in [-0.05, 0) is 38.5 Å². The minimum Gasteiger partial charge on any atom is -0.485 e. The fourth-order valence-corrected chi connectivity index (χ4v) is 3.56. The molecule has 9 nitrogen and oxygen atoms in total. The largest absolute Gasteiger partial charge is 0.485 e. The summed E-state index contributed by atoms with van der Waals surface area (Å²) < 4.78 is 7.70. The van der Waals surface area contributed by atoms with Crippen molar-refractivity contribution in [2.75, 3.05) is 19.6 Å². The highest BCUT2D eigenvalue weighted by Crippen LogP contribution is 2.29. The van der Waals surface area contributed by atoms with Crippen LogP contribution < -0.4 is 15.8 Å². The average Bonchev–Trinajstić information content (AvgIpc) is 3.32. The second-order valence-corrected chi connectivity index (χ2v) is 7.84. The number of benzene rings is 1. The molecule has 1 fully saturated rings. The number of nitrogens with two attached hydrogens (primary N) is 1. The van der Waals surface area contributed by atoms with Crippen molar-refractivity contribution >= 4 is 11.8 Å². The minimum atomic E-state index is -0.505. The van der Waals surface area contributed by atoms with Crippen LogP contribution >= 0.6 is 0 Å². The van der Waals surface area contributed by atoms with E-state index in [0.717, 1.165) is 12.1 Å². The van der Waals surface area contributed by atoms with E-state index in [1.165, 1.54) is 0 Å². The molecular weight excluding hydrogens is 360 g/mol. The molecule has 3 N–H and O–H groups in total. The number of nitrogens with one attached hydrogen (secondary N) is 1. The van der Waals surface area contributed by atoms with E-state index in [2.05, 4.69) is 15.6 Å². The van der Waals surface area contributed by atoms with Crippen molar-refractivity contribution < 1.29 is 14.3 Å². The number of carbonyl (C=O) groups excluding carboxylic acids is 2. The van der Waals surface area contributed by atoms with Crippen LogP contribution in [0.15, 0.2) is 24.4 Å². The van der Waals surface area contributed by atoms with Gasteiger partial charge < -0.3 is 20.7 Å². The van der Waals surface area contributed by atoms with Gasteiger partial charge in [-0.2, -0.15) is 0 Å². The first-order valence-electron chi connectivity index (χ1n) is 9.37. The summed E-state index contributed by atoms with van der Waals surface area (Å²) in [4.78, 5) is 27.2. The number of rotatable bonds is 3. The summed E-state index contributed by atoms with van der Waals surface area (Å²) in [6.45, 7) is 5.72. The second kappa shape index (κ2) is 6.90. The van der Waals surface area contributed by atoms with Crippen LogP contribution in [0, 0.1) is 0 Å². The van der Waals surface area contributed by atoms with E-state index in [9.17, 15) is 9.59 Å². The zero-order valence-electron chi connectivity index (χ0n) is 16.0. The van der Waals surface area contributed by atoms with E-state index in [-0.39, 0.29) is 17.9 Å². The summed E-state index contributed by atoms with van der Waals surface area (Å²) in [6, 6.07) is 5.10. The lowest BCUT2D eigenvalue weighted by Crippen LogP contribution is -2.39. The van der Waals surface area contributed by atoms with Gasteiger partial charge in [0, 0.05) is 25.2 Å². The van der Waals surface area contributed by atoms with E-state index in [1.807, 2.05) is 20.0 Å². The van der Waals surface area contributed by atoms with Crippen LogP contribution in [0.2, 0.25) is 0 Å². The molecule has 9 heteroatoms. The molecule has 0 bridgehead atoms. The molecule has 1 atom stereocenters. The van der Waals surface area contributed by atoms with Crippen LogP contribution in [-0.2, 0) is 6.54 Å². The predicted octanol–water partition coefficient (Wildman–Crippen LogP) is 0.725. The third kappa shape index (κ3) is 3.45. The van der Waals surface area contributed by atoms with Crippen molar-refractivity contribution in [1.29, 1.82) is 0 Å². The average molecular weight is 384 g/mol. The van der Waals surface area contributed by atoms with Gasteiger partial charge >= 0.3 is 0 Å². The Kier molecular flexibility index (Phi) is 4.54. The number of hydrogen-bond donors (Lipinski definition) is 2. The lowest BCUT2D eigenvalue weighted by Gasteiger charge is -2.24. The van der Waals surface area contributed by atoms with Gasteiger partial charge in [-0.15, -0.1) is 5.10 Å². The normalized spacial score (nSPS) is 20.9. The Bertz CT molecular complexity index is 922. The van der Waals surface area contributed by atoms with Crippen LogP contribution in [0.5, 0.6) is 5.75 Å². The fourth-order valence-electron chi connectivity index (χ4n) is 3.56. The smallest absolute Gasteiger partial charge is 0.255 e. The van der Waals surface area contributed by atoms with Crippen molar-refractivity contribution in [1.82, 2.24) is 25.2 Å². The molecule has 0 saturated carbocycles. The predicted molar refractivity (Wildman–Crippen MR) is 101 cm³/mol. The van der Waals surface area contributed by atoms with E-state index in [0.29, 0.717) is 43.1 Å². The Labute approximate surface area is 162 Å². The van der Waals surface area contributed by atoms with Crippen molar-refractivity contribution in [3.05, 3.63) is 41.2 Å². The maximum Gasteiger partial charge on any atom is 0.255 e. The van der Waals surface area contributed by atoms with Gasteiger partial charge in [0.2, 0.25) is 0 Å². The first kappa shape index (κ1) is 18.4. The maximum absolute atomic E-state index is 13.0.